The Balaban J connectivity index is 1.63. The summed E-state index contributed by atoms with van der Waals surface area (Å²) < 4.78 is 5.49. The first-order valence-corrected chi connectivity index (χ1v) is 12.0. The maximum atomic E-state index is 13.2. The number of aliphatic carboxylic acids is 1. The van der Waals surface area contributed by atoms with Crippen molar-refractivity contribution in [3.05, 3.63) is 16.0 Å². The molecule has 1 aromatic rings. The first kappa shape index (κ1) is 21.3. The molecule has 164 valence electrons. The third-order valence-corrected chi connectivity index (χ3v) is 8.40. The fourth-order valence-corrected chi connectivity index (χ4v) is 7.15. The van der Waals surface area contributed by atoms with Crippen LogP contribution >= 0.6 is 11.3 Å². The molecule has 7 heteroatoms. The van der Waals surface area contributed by atoms with E-state index in [0.717, 1.165) is 55.4 Å². The molecule has 2 bridgehead atoms. The van der Waals surface area contributed by atoms with Crippen molar-refractivity contribution in [1.29, 1.82) is 0 Å². The fraction of sp³-hybridized carbons (Fsp3) is 0.696. The van der Waals surface area contributed by atoms with Gasteiger partial charge in [-0.15, -0.1) is 11.3 Å². The van der Waals surface area contributed by atoms with Crippen molar-refractivity contribution in [2.75, 3.05) is 5.32 Å². The summed E-state index contributed by atoms with van der Waals surface area (Å²) in [4.78, 5) is 39.1. The van der Waals surface area contributed by atoms with Gasteiger partial charge in [0.1, 0.15) is 5.00 Å². The summed E-state index contributed by atoms with van der Waals surface area (Å²) in [5.41, 5.74) is 1.50. The van der Waals surface area contributed by atoms with Crippen molar-refractivity contribution in [2.45, 2.75) is 71.8 Å². The number of ether oxygens (including phenoxy) is 1. The highest BCUT2D eigenvalue weighted by Gasteiger charge is 2.54. The van der Waals surface area contributed by atoms with Crippen LogP contribution in [0.15, 0.2) is 0 Å². The predicted molar refractivity (Wildman–Crippen MR) is 115 cm³/mol. The summed E-state index contributed by atoms with van der Waals surface area (Å²) in [6.45, 7) is 5.81. The number of anilines is 1. The monoisotopic (exact) mass is 433 g/mol. The van der Waals surface area contributed by atoms with Crippen LogP contribution in [-0.4, -0.2) is 29.1 Å². The van der Waals surface area contributed by atoms with Gasteiger partial charge < -0.3 is 15.2 Å². The average molecular weight is 434 g/mol. The second-order valence-electron chi connectivity index (χ2n) is 9.39. The van der Waals surface area contributed by atoms with E-state index in [2.05, 4.69) is 12.2 Å². The highest BCUT2D eigenvalue weighted by molar-refractivity contribution is 7.17. The number of fused-ring (bicyclic) bond motifs is 3. The number of esters is 1. The molecule has 0 radical (unpaired) electrons. The third kappa shape index (κ3) is 3.77. The van der Waals surface area contributed by atoms with Crippen molar-refractivity contribution in [3.63, 3.8) is 0 Å². The zero-order valence-electron chi connectivity index (χ0n) is 17.9. The van der Waals surface area contributed by atoms with E-state index < -0.39 is 23.8 Å². The van der Waals surface area contributed by atoms with Crippen LogP contribution in [-0.2, 0) is 27.2 Å². The Morgan fingerprint density at radius 1 is 1.17 bits per heavy atom. The minimum atomic E-state index is -0.877. The van der Waals surface area contributed by atoms with E-state index >= 15 is 0 Å². The van der Waals surface area contributed by atoms with E-state index in [0.29, 0.717) is 16.5 Å². The highest BCUT2D eigenvalue weighted by Crippen LogP contribution is 2.53. The molecule has 6 nitrogen and oxygen atoms in total. The van der Waals surface area contributed by atoms with Crippen LogP contribution in [0.5, 0.6) is 0 Å². The van der Waals surface area contributed by atoms with E-state index in [1.165, 1.54) is 11.3 Å². The summed E-state index contributed by atoms with van der Waals surface area (Å²) in [6.07, 6.45) is 6.23. The van der Waals surface area contributed by atoms with E-state index in [1.54, 1.807) is 0 Å². The van der Waals surface area contributed by atoms with Crippen molar-refractivity contribution < 1.29 is 24.2 Å². The second-order valence-corrected chi connectivity index (χ2v) is 10.5. The van der Waals surface area contributed by atoms with Gasteiger partial charge in [0, 0.05) is 4.88 Å². The number of thiophene rings is 1. The van der Waals surface area contributed by atoms with Crippen molar-refractivity contribution in [1.82, 2.24) is 0 Å². The SMILES string of the molecule is CC[C@@H]1CCc2c(sc(NC(=O)[C@@H]3[C@H]4CC[C@@H](C4)[C@@H]3C(=O)O)c2C(=O)OC(C)C)C1. The zero-order valence-corrected chi connectivity index (χ0v) is 18.7. The Kier molecular flexibility index (Phi) is 5.93. The number of hydrogen-bond acceptors (Lipinski definition) is 5. The maximum Gasteiger partial charge on any atom is 0.341 e. The summed E-state index contributed by atoms with van der Waals surface area (Å²) in [6, 6.07) is 0. The first-order chi connectivity index (χ1) is 14.3. The van der Waals surface area contributed by atoms with Crippen LogP contribution in [0.1, 0.15) is 73.7 Å². The number of carboxylic acid groups (broad SMARTS) is 1. The quantitative estimate of drug-likeness (QED) is 0.644. The highest BCUT2D eigenvalue weighted by atomic mass is 32.1. The molecule has 3 aliphatic carbocycles. The molecule has 2 fully saturated rings. The van der Waals surface area contributed by atoms with Gasteiger partial charge in [0.25, 0.3) is 0 Å². The number of rotatable bonds is 6. The number of carbonyl (C=O) groups excluding carboxylic acids is 2. The van der Waals surface area contributed by atoms with E-state index in [9.17, 15) is 19.5 Å². The second kappa shape index (κ2) is 8.33. The number of nitrogens with one attached hydrogen (secondary N) is 1. The van der Waals surface area contributed by atoms with Crippen LogP contribution in [0.4, 0.5) is 5.00 Å². The molecule has 3 aliphatic rings. The van der Waals surface area contributed by atoms with Gasteiger partial charge in [-0.05, 0) is 75.7 Å². The minimum absolute atomic E-state index is 0.0930. The van der Waals surface area contributed by atoms with Gasteiger partial charge >= 0.3 is 11.9 Å². The number of carbonyl (C=O) groups is 3. The van der Waals surface area contributed by atoms with Gasteiger partial charge in [-0.3, -0.25) is 9.59 Å². The van der Waals surface area contributed by atoms with Crippen molar-refractivity contribution in [3.8, 4) is 0 Å². The molecule has 2 N–H and O–H groups in total. The molecule has 4 rings (SSSR count). The average Bonchev–Trinajstić information content (AvgIpc) is 3.38. The number of hydrogen-bond donors (Lipinski definition) is 2. The molecule has 1 heterocycles. The van der Waals surface area contributed by atoms with E-state index in [-0.39, 0.29) is 23.8 Å². The molecule has 0 aromatic carbocycles. The molecular formula is C23H31NO5S. The third-order valence-electron chi connectivity index (χ3n) is 7.23. The molecule has 2 saturated carbocycles. The molecule has 0 saturated heterocycles. The Hall–Kier alpha value is -1.89. The molecule has 5 atom stereocenters. The van der Waals surface area contributed by atoms with Crippen LogP contribution in [0.2, 0.25) is 0 Å². The van der Waals surface area contributed by atoms with Crippen LogP contribution in [0, 0.1) is 29.6 Å². The summed E-state index contributed by atoms with van der Waals surface area (Å²) in [7, 11) is 0. The Labute approximate surface area is 181 Å². The Morgan fingerprint density at radius 2 is 1.87 bits per heavy atom. The Bertz CT molecular complexity index is 860. The smallest absolute Gasteiger partial charge is 0.341 e. The number of carboxylic acids is 1. The van der Waals surface area contributed by atoms with Crippen LogP contribution in [0.25, 0.3) is 0 Å². The summed E-state index contributed by atoms with van der Waals surface area (Å²) >= 11 is 1.47. The van der Waals surface area contributed by atoms with Crippen LogP contribution < -0.4 is 5.32 Å². The van der Waals surface area contributed by atoms with Crippen molar-refractivity contribution in [2.24, 2.45) is 29.6 Å². The van der Waals surface area contributed by atoms with Gasteiger partial charge in [0.15, 0.2) is 0 Å². The molecule has 1 amide bonds. The maximum absolute atomic E-state index is 13.2. The lowest BCUT2D eigenvalue weighted by Crippen LogP contribution is -2.38. The lowest BCUT2D eigenvalue weighted by Gasteiger charge is -2.27. The molecule has 1 aromatic heterocycles. The van der Waals surface area contributed by atoms with Gasteiger partial charge in [-0.2, -0.15) is 0 Å². The fourth-order valence-electron chi connectivity index (χ4n) is 5.80. The molecule has 0 spiro atoms. The largest absolute Gasteiger partial charge is 0.481 e. The van der Waals surface area contributed by atoms with E-state index in [1.807, 2.05) is 13.8 Å². The standard InChI is InChI=1S/C23H31NO5S/c1-4-12-5-8-15-16(9-12)30-21(19(15)23(28)29-11(2)3)24-20(25)17-13-6-7-14(10-13)18(17)22(26)27/h11-14,17-18H,4-10H2,1-3H3,(H,24,25)(H,26,27)/t12-,13+,14+,17-,18+/m1/s1. The number of amides is 1. The first-order valence-electron chi connectivity index (χ1n) is 11.2. The molecule has 0 aliphatic heterocycles. The molecule has 30 heavy (non-hydrogen) atoms. The van der Waals surface area contributed by atoms with Crippen molar-refractivity contribution >= 4 is 34.2 Å². The molecular weight excluding hydrogens is 402 g/mol. The van der Waals surface area contributed by atoms with Crippen LogP contribution in [0.3, 0.4) is 0 Å². The normalized spacial score (nSPS) is 29.7. The predicted octanol–water partition coefficient (Wildman–Crippen LogP) is 4.51. The summed E-state index contributed by atoms with van der Waals surface area (Å²) in [5.74, 6) is -1.84. The van der Waals surface area contributed by atoms with Gasteiger partial charge in [-0.25, -0.2) is 4.79 Å². The van der Waals surface area contributed by atoms with Gasteiger partial charge in [0.2, 0.25) is 5.91 Å². The molecule has 0 unspecified atom stereocenters. The zero-order chi connectivity index (χ0) is 21.6. The van der Waals surface area contributed by atoms with E-state index in [4.69, 9.17) is 4.74 Å². The summed E-state index contributed by atoms with van der Waals surface area (Å²) in [5, 5.41) is 13.2. The lowest BCUT2D eigenvalue weighted by atomic mass is 9.78. The Morgan fingerprint density at radius 3 is 2.50 bits per heavy atom. The lowest BCUT2D eigenvalue weighted by molar-refractivity contribution is -0.148. The topological polar surface area (TPSA) is 92.7 Å². The van der Waals surface area contributed by atoms with Gasteiger partial charge in [0.05, 0.1) is 23.5 Å². The minimum Gasteiger partial charge on any atom is -0.481 e. The van der Waals surface area contributed by atoms with Gasteiger partial charge in [-0.1, -0.05) is 13.3 Å².